The molecule has 2 rings (SSSR count). The zero-order valence-electron chi connectivity index (χ0n) is 15.6. The number of aliphatic imine (C=N–C) groups is 1. The lowest BCUT2D eigenvalue weighted by Crippen LogP contribution is -2.40. The number of hydrogen-bond donors (Lipinski definition) is 2. The van der Waals surface area contributed by atoms with Crippen LogP contribution in [0.1, 0.15) is 36.8 Å². The van der Waals surface area contributed by atoms with Gasteiger partial charge in [-0.15, -0.1) is 0 Å². The van der Waals surface area contributed by atoms with Gasteiger partial charge in [-0.05, 0) is 18.5 Å². The second-order valence-corrected chi connectivity index (χ2v) is 6.45. The molecule has 0 spiro atoms. The Labute approximate surface area is 150 Å². The lowest BCUT2D eigenvalue weighted by Gasteiger charge is -2.18. The quantitative estimate of drug-likeness (QED) is 0.570. The van der Waals surface area contributed by atoms with Gasteiger partial charge in [0.15, 0.2) is 11.7 Å². The summed E-state index contributed by atoms with van der Waals surface area (Å²) < 4.78 is 5.33. The predicted octanol–water partition coefficient (Wildman–Crippen LogP) is 2.59. The van der Waals surface area contributed by atoms with Crippen LogP contribution in [0.5, 0.6) is 0 Å². The molecular weight excluding hydrogens is 314 g/mol. The SMILES string of the molecule is CN=C(NCCN(C)Cc1ccccc1)NCc1cc(C(C)C)no1. The van der Waals surface area contributed by atoms with E-state index in [1.807, 2.05) is 12.1 Å². The van der Waals surface area contributed by atoms with E-state index in [1.54, 1.807) is 7.05 Å². The number of rotatable bonds is 8. The number of hydrogen-bond acceptors (Lipinski definition) is 4. The minimum absolute atomic E-state index is 0.370. The van der Waals surface area contributed by atoms with Crippen LogP contribution < -0.4 is 10.6 Å². The van der Waals surface area contributed by atoms with Crippen LogP contribution in [0.2, 0.25) is 0 Å². The molecule has 0 saturated carbocycles. The van der Waals surface area contributed by atoms with Crippen molar-refractivity contribution in [1.29, 1.82) is 0 Å². The third-order valence-corrected chi connectivity index (χ3v) is 3.90. The highest BCUT2D eigenvalue weighted by atomic mass is 16.5. The Morgan fingerprint density at radius 2 is 2.00 bits per heavy atom. The van der Waals surface area contributed by atoms with E-state index in [-0.39, 0.29) is 0 Å². The molecule has 136 valence electrons. The molecular formula is C19H29N5O. The number of nitrogens with one attached hydrogen (secondary N) is 2. The summed E-state index contributed by atoms with van der Waals surface area (Å²) in [6, 6.07) is 12.5. The third kappa shape index (κ3) is 6.58. The van der Waals surface area contributed by atoms with Crippen molar-refractivity contribution < 1.29 is 4.52 Å². The van der Waals surface area contributed by atoms with Crippen LogP contribution in [0, 0.1) is 0 Å². The van der Waals surface area contributed by atoms with Crippen LogP contribution in [-0.2, 0) is 13.1 Å². The summed E-state index contributed by atoms with van der Waals surface area (Å²) in [6.45, 7) is 7.44. The van der Waals surface area contributed by atoms with Crippen LogP contribution in [0.25, 0.3) is 0 Å². The number of benzene rings is 1. The molecule has 0 unspecified atom stereocenters. The monoisotopic (exact) mass is 343 g/mol. The zero-order chi connectivity index (χ0) is 18.1. The first kappa shape index (κ1) is 19.0. The van der Waals surface area contributed by atoms with Crippen molar-refractivity contribution in [2.75, 3.05) is 27.2 Å². The van der Waals surface area contributed by atoms with Crippen molar-refractivity contribution in [3.63, 3.8) is 0 Å². The average molecular weight is 343 g/mol. The average Bonchev–Trinajstić information content (AvgIpc) is 3.08. The first-order valence-electron chi connectivity index (χ1n) is 8.71. The van der Waals surface area contributed by atoms with Crippen molar-refractivity contribution in [3.8, 4) is 0 Å². The summed E-state index contributed by atoms with van der Waals surface area (Å²) in [5, 5.41) is 10.6. The molecule has 0 atom stereocenters. The van der Waals surface area contributed by atoms with Crippen LogP contribution >= 0.6 is 0 Å². The Bertz CT molecular complexity index is 651. The fourth-order valence-electron chi connectivity index (χ4n) is 2.42. The summed E-state index contributed by atoms with van der Waals surface area (Å²) in [5.74, 6) is 1.94. The molecule has 2 aromatic rings. The molecule has 0 saturated heterocycles. The van der Waals surface area contributed by atoms with Gasteiger partial charge in [-0.2, -0.15) is 0 Å². The summed E-state index contributed by atoms with van der Waals surface area (Å²) in [5.41, 5.74) is 2.29. The Morgan fingerprint density at radius 3 is 2.64 bits per heavy atom. The normalized spacial score (nSPS) is 12.0. The van der Waals surface area contributed by atoms with Crippen LogP contribution in [0.15, 0.2) is 45.9 Å². The van der Waals surface area contributed by atoms with Gasteiger partial charge in [0.1, 0.15) is 0 Å². The Hall–Kier alpha value is -2.34. The summed E-state index contributed by atoms with van der Waals surface area (Å²) in [6.07, 6.45) is 0. The van der Waals surface area contributed by atoms with Gasteiger partial charge in [0.2, 0.25) is 0 Å². The predicted molar refractivity (Wildman–Crippen MR) is 102 cm³/mol. The van der Waals surface area contributed by atoms with Gasteiger partial charge in [-0.3, -0.25) is 4.99 Å². The molecule has 6 nitrogen and oxygen atoms in total. The molecule has 2 N–H and O–H groups in total. The van der Waals surface area contributed by atoms with Crippen LogP contribution in [0.4, 0.5) is 0 Å². The summed E-state index contributed by atoms with van der Waals surface area (Å²) >= 11 is 0. The summed E-state index contributed by atoms with van der Waals surface area (Å²) in [4.78, 5) is 6.52. The van der Waals surface area contributed by atoms with E-state index in [0.29, 0.717) is 12.5 Å². The van der Waals surface area contributed by atoms with E-state index in [2.05, 4.69) is 70.8 Å². The maximum Gasteiger partial charge on any atom is 0.191 e. The van der Waals surface area contributed by atoms with Gasteiger partial charge in [0.25, 0.3) is 0 Å². The minimum atomic E-state index is 0.370. The Kier molecular flexibility index (Phi) is 7.47. The standard InChI is InChI=1S/C19H29N5O/c1-15(2)18-12-17(25-23-18)13-22-19(20-3)21-10-11-24(4)14-16-8-6-5-7-9-16/h5-9,12,15H,10-11,13-14H2,1-4H3,(H2,20,21,22). The van der Waals surface area contributed by atoms with Gasteiger partial charge < -0.3 is 20.1 Å². The number of guanidine groups is 1. The van der Waals surface area contributed by atoms with Gasteiger partial charge >= 0.3 is 0 Å². The van der Waals surface area contributed by atoms with Crippen LogP contribution in [-0.4, -0.2) is 43.2 Å². The van der Waals surface area contributed by atoms with Gasteiger partial charge in [0.05, 0.1) is 12.2 Å². The zero-order valence-corrected chi connectivity index (χ0v) is 15.6. The molecule has 0 aliphatic carbocycles. The molecule has 1 heterocycles. The molecule has 0 bridgehead atoms. The third-order valence-electron chi connectivity index (χ3n) is 3.90. The van der Waals surface area contributed by atoms with Crippen molar-refractivity contribution >= 4 is 5.96 Å². The molecule has 0 fully saturated rings. The van der Waals surface area contributed by atoms with Crippen LogP contribution in [0.3, 0.4) is 0 Å². The lowest BCUT2D eigenvalue weighted by molar-refractivity contribution is 0.331. The first-order valence-corrected chi connectivity index (χ1v) is 8.71. The molecule has 25 heavy (non-hydrogen) atoms. The molecule has 1 aromatic carbocycles. The first-order chi connectivity index (χ1) is 12.1. The molecule has 0 radical (unpaired) electrons. The van der Waals surface area contributed by atoms with Crippen molar-refractivity contribution in [3.05, 3.63) is 53.4 Å². The van der Waals surface area contributed by atoms with Crippen molar-refractivity contribution in [2.24, 2.45) is 4.99 Å². The summed E-state index contributed by atoms with van der Waals surface area (Å²) in [7, 11) is 3.88. The molecule has 6 heteroatoms. The number of nitrogens with zero attached hydrogens (tertiary/aromatic N) is 3. The Morgan fingerprint density at radius 1 is 1.24 bits per heavy atom. The fourth-order valence-corrected chi connectivity index (χ4v) is 2.42. The second-order valence-electron chi connectivity index (χ2n) is 6.45. The van der Waals surface area contributed by atoms with E-state index >= 15 is 0 Å². The minimum Gasteiger partial charge on any atom is -0.359 e. The van der Waals surface area contributed by atoms with E-state index in [4.69, 9.17) is 4.52 Å². The topological polar surface area (TPSA) is 65.7 Å². The van der Waals surface area contributed by atoms with Gasteiger partial charge in [-0.1, -0.05) is 49.3 Å². The molecule has 0 amide bonds. The maximum atomic E-state index is 5.33. The highest BCUT2D eigenvalue weighted by Gasteiger charge is 2.08. The second kappa shape index (κ2) is 9.84. The lowest BCUT2D eigenvalue weighted by atomic mass is 10.1. The fraction of sp³-hybridized carbons (Fsp3) is 0.474. The largest absolute Gasteiger partial charge is 0.359 e. The van der Waals surface area contributed by atoms with E-state index in [0.717, 1.165) is 37.0 Å². The van der Waals surface area contributed by atoms with E-state index < -0.39 is 0 Å². The molecule has 0 aliphatic rings. The highest BCUT2D eigenvalue weighted by molar-refractivity contribution is 5.79. The molecule has 1 aromatic heterocycles. The smallest absolute Gasteiger partial charge is 0.191 e. The molecule has 0 aliphatic heterocycles. The number of likely N-dealkylation sites (N-methyl/N-ethyl adjacent to an activating group) is 1. The van der Waals surface area contributed by atoms with E-state index in [1.165, 1.54) is 5.56 Å². The van der Waals surface area contributed by atoms with Gasteiger partial charge in [-0.25, -0.2) is 0 Å². The highest BCUT2D eigenvalue weighted by Crippen LogP contribution is 2.13. The van der Waals surface area contributed by atoms with Gasteiger partial charge in [0, 0.05) is 32.7 Å². The van der Waals surface area contributed by atoms with Crippen molar-refractivity contribution in [2.45, 2.75) is 32.9 Å². The number of aromatic nitrogens is 1. The maximum absolute atomic E-state index is 5.33. The van der Waals surface area contributed by atoms with E-state index in [9.17, 15) is 0 Å². The van der Waals surface area contributed by atoms with Crippen molar-refractivity contribution in [1.82, 2.24) is 20.7 Å². The Balaban J connectivity index is 1.69.